The number of nitrogens with one attached hydrogen (secondary N) is 1. The molecule has 0 saturated heterocycles. The first-order valence-electron chi connectivity index (χ1n) is 7.03. The monoisotopic (exact) mass is 287 g/mol. The van der Waals surface area contributed by atoms with Gasteiger partial charge < -0.3 is 15.3 Å². The molecule has 5 nitrogen and oxygen atoms in total. The molecule has 2 N–H and O–H groups in total. The average molecular weight is 287 g/mol. The molecule has 0 radical (unpaired) electrons. The molecule has 0 aliphatic heterocycles. The molecule has 112 valence electrons. The number of pyridine rings is 1. The second kappa shape index (κ2) is 6.54. The quantitative estimate of drug-likeness (QED) is 0.908. The number of rotatable bonds is 4. The highest BCUT2D eigenvalue weighted by atomic mass is 16.3. The maximum Gasteiger partial charge on any atom is 0.321 e. The SMILES string of the molecule is Cc1cc(NC(=O)N(C)CCC(C)O)c2ncccc2c1. The molecule has 1 unspecified atom stereocenters. The van der Waals surface area contributed by atoms with E-state index in [0.717, 1.165) is 16.5 Å². The molecule has 0 aliphatic rings. The highest BCUT2D eigenvalue weighted by molar-refractivity contribution is 5.99. The lowest BCUT2D eigenvalue weighted by Gasteiger charge is -2.19. The van der Waals surface area contributed by atoms with E-state index in [1.54, 1.807) is 25.1 Å². The number of anilines is 1. The fourth-order valence-electron chi connectivity index (χ4n) is 2.13. The first-order chi connectivity index (χ1) is 9.97. The van der Waals surface area contributed by atoms with Gasteiger partial charge in [-0.05, 0) is 44.0 Å². The predicted octanol–water partition coefficient (Wildman–Crippen LogP) is 2.78. The van der Waals surface area contributed by atoms with Crippen LogP contribution in [-0.2, 0) is 0 Å². The largest absolute Gasteiger partial charge is 0.393 e. The Morgan fingerprint density at radius 3 is 2.95 bits per heavy atom. The zero-order chi connectivity index (χ0) is 15.4. The van der Waals surface area contributed by atoms with Crippen LogP contribution >= 0.6 is 0 Å². The van der Waals surface area contributed by atoms with Gasteiger partial charge in [-0.15, -0.1) is 0 Å². The van der Waals surface area contributed by atoms with E-state index in [1.807, 2.05) is 31.2 Å². The molecule has 2 amide bonds. The molecule has 0 aliphatic carbocycles. The van der Waals surface area contributed by atoms with Gasteiger partial charge in [0.25, 0.3) is 0 Å². The van der Waals surface area contributed by atoms with Crippen molar-refractivity contribution < 1.29 is 9.90 Å². The van der Waals surface area contributed by atoms with E-state index in [0.29, 0.717) is 18.7 Å². The van der Waals surface area contributed by atoms with Crippen molar-refractivity contribution in [3.05, 3.63) is 36.0 Å². The number of carbonyl (C=O) groups excluding carboxylic acids is 1. The second-order valence-electron chi connectivity index (χ2n) is 5.38. The van der Waals surface area contributed by atoms with Gasteiger partial charge in [-0.1, -0.05) is 6.07 Å². The van der Waals surface area contributed by atoms with Gasteiger partial charge in [0.2, 0.25) is 0 Å². The molecule has 5 heteroatoms. The summed E-state index contributed by atoms with van der Waals surface area (Å²) in [6, 6.07) is 7.60. The summed E-state index contributed by atoms with van der Waals surface area (Å²) < 4.78 is 0. The summed E-state index contributed by atoms with van der Waals surface area (Å²) >= 11 is 0. The van der Waals surface area contributed by atoms with Gasteiger partial charge in [0.15, 0.2) is 0 Å². The molecule has 21 heavy (non-hydrogen) atoms. The van der Waals surface area contributed by atoms with Crippen LogP contribution in [-0.4, -0.2) is 40.7 Å². The van der Waals surface area contributed by atoms with Crippen LogP contribution < -0.4 is 5.32 Å². The van der Waals surface area contributed by atoms with E-state index < -0.39 is 6.10 Å². The number of hydrogen-bond donors (Lipinski definition) is 2. The van der Waals surface area contributed by atoms with Crippen LogP contribution in [0.15, 0.2) is 30.5 Å². The van der Waals surface area contributed by atoms with Crippen molar-refractivity contribution in [2.45, 2.75) is 26.4 Å². The normalized spacial score (nSPS) is 12.2. The van der Waals surface area contributed by atoms with Crippen LogP contribution in [0.25, 0.3) is 10.9 Å². The highest BCUT2D eigenvalue weighted by Crippen LogP contribution is 2.23. The van der Waals surface area contributed by atoms with Crippen molar-refractivity contribution in [2.24, 2.45) is 0 Å². The van der Waals surface area contributed by atoms with Crippen LogP contribution in [0.2, 0.25) is 0 Å². The average Bonchev–Trinajstić information content (AvgIpc) is 2.44. The number of aryl methyl sites for hydroxylation is 1. The summed E-state index contributed by atoms with van der Waals surface area (Å²) in [4.78, 5) is 18.1. The summed E-state index contributed by atoms with van der Waals surface area (Å²) in [5.74, 6) is 0. The van der Waals surface area contributed by atoms with Gasteiger partial charge in [-0.3, -0.25) is 4.98 Å². The minimum atomic E-state index is -0.415. The summed E-state index contributed by atoms with van der Waals surface area (Å²) in [6.45, 7) is 4.20. The van der Waals surface area contributed by atoms with Gasteiger partial charge in [-0.2, -0.15) is 0 Å². The Bertz CT molecular complexity index is 640. The number of amides is 2. The van der Waals surface area contributed by atoms with E-state index in [2.05, 4.69) is 10.3 Å². The molecular formula is C16H21N3O2. The minimum absolute atomic E-state index is 0.201. The lowest BCUT2D eigenvalue weighted by Crippen LogP contribution is -2.33. The number of aromatic nitrogens is 1. The summed E-state index contributed by atoms with van der Waals surface area (Å²) in [7, 11) is 1.71. The molecule has 1 aromatic carbocycles. The van der Waals surface area contributed by atoms with E-state index in [4.69, 9.17) is 0 Å². The maximum absolute atomic E-state index is 12.2. The van der Waals surface area contributed by atoms with Crippen LogP contribution in [0, 0.1) is 6.92 Å². The third-order valence-corrected chi connectivity index (χ3v) is 3.32. The van der Waals surface area contributed by atoms with Crippen molar-refractivity contribution in [2.75, 3.05) is 18.9 Å². The molecule has 0 bridgehead atoms. The molecule has 0 fully saturated rings. The fourth-order valence-corrected chi connectivity index (χ4v) is 2.13. The molecule has 0 saturated carbocycles. The molecule has 1 atom stereocenters. The Morgan fingerprint density at radius 1 is 1.48 bits per heavy atom. The van der Waals surface area contributed by atoms with Gasteiger partial charge in [0, 0.05) is 25.2 Å². The van der Waals surface area contributed by atoms with Crippen molar-refractivity contribution in [3.8, 4) is 0 Å². The number of hydrogen-bond acceptors (Lipinski definition) is 3. The van der Waals surface area contributed by atoms with Crippen molar-refractivity contribution in [3.63, 3.8) is 0 Å². The standard InChI is InChI=1S/C16H21N3O2/c1-11-9-13-5-4-7-17-15(13)14(10-11)18-16(21)19(3)8-6-12(2)20/h4-5,7,9-10,12,20H,6,8H2,1-3H3,(H,18,21). The van der Waals surface area contributed by atoms with E-state index in [-0.39, 0.29) is 6.03 Å². The highest BCUT2D eigenvalue weighted by Gasteiger charge is 2.12. The number of benzene rings is 1. The zero-order valence-corrected chi connectivity index (χ0v) is 12.6. The number of aliphatic hydroxyl groups excluding tert-OH is 1. The lowest BCUT2D eigenvalue weighted by molar-refractivity contribution is 0.167. The van der Waals surface area contributed by atoms with E-state index >= 15 is 0 Å². The Balaban J connectivity index is 2.17. The van der Waals surface area contributed by atoms with E-state index in [1.165, 1.54) is 0 Å². The van der Waals surface area contributed by atoms with Gasteiger partial charge in [0.1, 0.15) is 0 Å². The molecule has 1 heterocycles. The third-order valence-electron chi connectivity index (χ3n) is 3.32. The van der Waals surface area contributed by atoms with Gasteiger partial charge in [0.05, 0.1) is 17.3 Å². The second-order valence-corrected chi connectivity index (χ2v) is 5.38. The Hall–Kier alpha value is -2.14. The predicted molar refractivity (Wildman–Crippen MR) is 84.4 cm³/mol. The minimum Gasteiger partial charge on any atom is -0.393 e. The summed E-state index contributed by atoms with van der Waals surface area (Å²) in [6.07, 6.45) is 1.85. The molecule has 1 aromatic heterocycles. The van der Waals surface area contributed by atoms with Gasteiger partial charge >= 0.3 is 6.03 Å². The third kappa shape index (κ3) is 3.92. The summed E-state index contributed by atoms with van der Waals surface area (Å²) in [5.41, 5.74) is 2.55. The van der Waals surface area contributed by atoms with Crippen molar-refractivity contribution in [1.29, 1.82) is 0 Å². The molecule has 2 aromatic rings. The fraction of sp³-hybridized carbons (Fsp3) is 0.375. The Morgan fingerprint density at radius 2 is 2.24 bits per heavy atom. The van der Waals surface area contributed by atoms with Crippen LogP contribution in [0.3, 0.4) is 0 Å². The number of fused-ring (bicyclic) bond motifs is 1. The van der Waals surface area contributed by atoms with Crippen LogP contribution in [0.5, 0.6) is 0 Å². The topological polar surface area (TPSA) is 65.5 Å². The first kappa shape index (κ1) is 15.3. The van der Waals surface area contributed by atoms with Gasteiger partial charge in [-0.25, -0.2) is 4.79 Å². The smallest absolute Gasteiger partial charge is 0.321 e. The number of nitrogens with zero attached hydrogens (tertiary/aromatic N) is 2. The first-order valence-corrected chi connectivity index (χ1v) is 7.03. The Labute approximate surface area is 124 Å². The summed E-state index contributed by atoms with van der Waals surface area (Å²) in [5, 5.41) is 13.2. The van der Waals surface area contributed by atoms with Crippen molar-refractivity contribution >= 4 is 22.6 Å². The number of urea groups is 1. The molecule has 2 rings (SSSR count). The van der Waals surface area contributed by atoms with E-state index in [9.17, 15) is 9.90 Å². The lowest BCUT2D eigenvalue weighted by atomic mass is 10.1. The molecular weight excluding hydrogens is 266 g/mol. The van der Waals surface area contributed by atoms with Crippen molar-refractivity contribution in [1.82, 2.24) is 9.88 Å². The molecule has 0 spiro atoms. The zero-order valence-electron chi connectivity index (χ0n) is 12.6. The van der Waals surface area contributed by atoms with Crippen LogP contribution in [0.1, 0.15) is 18.9 Å². The van der Waals surface area contributed by atoms with Crippen LogP contribution in [0.4, 0.5) is 10.5 Å². The maximum atomic E-state index is 12.2. The Kier molecular flexibility index (Phi) is 4.75. The number of aliphatic hydroxyl groups is 1. The number of carbonyl (C=O) groups is 1.